The molecule has 0 radical (unpaired) electrons. The number of halogens is 1. The Hall–Kier alpha value is -1.72. The number of piperidine rings is 1. The normalized spacial score (nSPS) is 17.8. The molecule has 1 aliphatic carbocycles. The standard InChI is InChI=1S/C25H33ClN4S/c1-3-5-15-29(4-2)20-9-8-10-21(24(20)26)31-23-19-27-22(18-28-23)30-16-13-25(14-17-30)11-6-7-12-25/h4,8-10,18-19H,2-3,5-7,11-17H2,1H3. The third-order valence-corrected chi connectivity index (χ3v) is 8.36. The van der Waals surface area contributed by atoms with Crippen molar-refractivity contribution >= 4 is 34.9 Å². The number of unbranched alkanes of at least 4 members (excludes halogenated alkanes) is 1. The van der Waals surface area contributed by atoms with Crippen LogP contribution in [-0.2, 0) is 0 Å². The Morgan fingerprint density at radius 3 is 2.58 bits per heavy atom. The van der Waals surface area contributed by atoms with Crippen LogP contribution in [0.15, 0.2) is 53.3 Å². The van der Waals surface area contributed by atoms with Crippen LogP contribution in [-0.4, -0.2) is 29.6 Å². The molecule has 4 rings (SSSR count). The molecule has 0 N–H and O–H groups in total. The third kappa shape index (κ3) is 5.20. The molecule has 1 aliphatic heterocycles. The van der Waals surface area contributed by atoms with Crippen molar-refractivity contribution in [2.45, 2.75) is 68.2 Å². The molecule has 2 fully saturated rings. The van der Waals surface area contributed by atoms with Gasteiger partial charge >= 0.3 is 0 Å². The second kappa shape index (κ2) is 10.3. The van der Waals surface area contributed by atoms with Crippen molar-refractivity contribution in [3.05, 3.63) is 48.4 Å². The molecule has 0 atom stereocenters. The average molecular weight is 457 g/mol. The summed E-state index contributed by atoms with van der Waals surface area (Å²) in [4.78, 5) is 14.9. The van der Waals surface area contributed by atoms with Gasteiger partial charge < -0.3 is 9.80 Å². The highest BCUT2D eigenvalue weighted by atomic mass is 35.5. The molecule has 2 heterocycles. The molecule has 1 saturated carbocycles. The highest BCUT2D eigenvalue weighted by molar-refractivity contribution is 7.99. The van der Waals surface area contributed by atoms with Crippen molar-refractivity contribution in [1.29, 1.82) is 0 Å². The zero-order valence-corrected chi connectivity index (χ0v) is 20.1. The Balaban J connectivity index is 1.41. The van der Waals surface area contributed by atoms with Crippen LogP contribution in [0.1, 0.15) is 58.3 Å². The van der Waals surface area contributed by atoms with Gasteiger partial charge in [-0.25, -0.2) is 9.97 Å². The first-order valence-corrected chi connectivity index (χ1v) is 12.8. The van der Waals surface area contributed by atoms with Crippen molar-refractivity contribution in [2.75, 3.05) is 29.4 Å². The largest absolute Gasteiger partial charge is 0.355 e. The maximum atomic E-state index is 6.76. The van der Waals surface area contributed by atoms with E-state index >= 15 is 0 Å². The highest BCUT2D eigenvalue weighted by Crippen LogP contribution is 2.46. The summed E-state index contributed by atoms with van der Waals surface area (Å²) >= 11 is 8.32. The minimum atomic E-state index is 0.623. The van der Waals surface area contributed by atoms with Crippen molar-refractivity contribution in [3.63, 3.8) is 0 Å². The molecule has 4 nitrogen and oxygen atoms in total. The van der Waals surface area contributed by atoms with Crippen molar-refractivity contribution < 1.29 is 0 Å². The predicted molar refractivity (Wildman–Crippen MR) is 132 cm³/mol. The maximum Gasteiger partial charge on any atom is 0.147 e. The molecular formula is C25H33ClN4S. The molecule has 6 heteroatoms. The summed E-state index contributed by atoms with van der Waals surface area (Å²) in [6, 6.07) is 6.13. The number of hydrogen-bond acceptors (Lipinski definition) is 5. The van der Waals surface area contributed by atoms with Crippen molar-refractivity contribution in [1.82, 2.24) is 9.97 Å². The Bertz CT molecular complexity index is 870. The number of rotatable bonds is 8. The van der Waals surface area contributed by atoms with Gasteiger partial charge in [0.2, 0.25) is 0 Å². The average Bonchev–Trinajstić information content (AvgIpc) is 3.25. The second-order valence-electron chi connectivity index (χ2n) is 8.83. The zero-order valence-electron chi connectivity index (χ0n) is 18.5. The van der Waals surface area contributed by atoms with Crippen LogP contribution < -0.4 is 9.80 Å². The fourth-order valence-electron chi connectivity index (χ4n) is 4.91. The Labute approximate surface area is 196 Å². The van der Waals surface area contributed by atoms with Gasteiger partial charge in [-0.15, -0.1) is 0 Å². The summed E-state index contributed by atoms with van der Waals surface area (Å²) in [6.07, 6.45) is 16.2. The van der Waals surface area contributed by atoms with Crippen molar-refractivity contribution in [2.24, 2.45) is 5.41 Å². The molecule has 166 valence electrons. The molecule has 1 saturated heterocycles. The quantitative estimate of drug-likeness (QED) is 0.419. The molecular weight excluding hydrogens is 424 g/mol. The summed E-state index contributed by atoms with van der Waals surface area (Å²) < 4.78 is 0. The van der Waals surface area contributed by atoms with Crippen LogP contribution in [0.4, 0.5) is 11.5 Å². The van der Waals surface area contributed by atoms with E-state index in [4.69, 9.17) is 16.6 Å². The van der Waals surface area contributed by atoms with Gasteiger partial charge in [0, 0.05) is 24.5 Å². The van der Waals surface area contributed by atoms with E-state index in [1.807, 2.05) is 36.8 Å². The maximum absolute atomic E-state index is 6.76. The summed E-state index contributed by atoms with van der Waals surface area (Å²) in [7, 11) is 0. The lowest BCUT2D eigenvalue weighted by molar-refractivity contribution is 0.226. The van der Waals surface area contributed by atoms with Crippen LogP contribution in [0.3, 0.4) is 0 Å². The van der Waals surface area contributed by atoms with Crippen molar-refractivity contribution in [3.8, 4) is 0 Å². The number of aromatic nitrogens is 2. The second-order valence-corrected chi connectivity index (χ2v) is 10.3. The number of nitrogens with zero attached hydrogens (tertiary/aromatic N) is 4. The summed E-state index contributed by atoms with van der Waals surface area (Å²) in [5.41, 5.74) is 1.62. The monoisotopic (exact) mass is 456 g/mol. The van der Waals surface area contributed by atoms with E-state index in [1.54, 1.807) is 11.8 Å². The van der Waals surface area contributed by atoms with Crippen LogP contribution in [0, 0.1) is 5.41 Å². The first-order chi connectivity index (χ1) is 15.1. The van der Waals surface area contributed by atoms with Gasteiger partial charge in [-0.05, 0) is 55.9 Å². The van der Waals surface area contributed by atoms with Gasteiger partial charge in [-0.2, -0.15) is 0 Å². The molecule has 1 aromatic carbocycles. The van der Waals surface area contributed by atoms with Gasteiger partial charge in [0.25, 0.3) is 0 Å². The van der Waals surface area contributed by atoms with Crippen LogP contribution >= 0.6 is 23.4 Å². The lowest BCUT2D eigenvalue weighted by Crippen LogP contribution is -2.39. The number of anilines is 2. The van der Waals surface area contributed by atoms with Gasteiger partial charge in [-0.3, -0.25) is 0 Å². The van der Waals surface area contributed by atoms with E-state index in [1.165, 1.54) is 38.5 Å². The molecule has 31 heavy (non-hydrogen) atoms. The molecule has 1 aromatic heterocycles. The van der Waals surface area contributed by atoms with Gasteiger partial charge in [0.05, 0.1) is 23.1 Å². The smallest absolute Gasteiger partial charge is 0.147 e. The summed E-state index contributed by atoms with van der Waals surface area (Å²) in [5, 5.41) is 1.61. The molecule has 0 bridgehead atoms. The summed E-state index contributed by atoms with van der Waals surface area (Å²) in [5.74, 6) is 0.995. The number of benzene rings is 1. The lowest BCUT2D eigenvalue weighted by atomic mass is 9.77. The Kier molecular flexibility index (Phi) is 7.44. The molecule has 0 amide bonds. The van der Waals surface area contributed by atoms with E-state index in [0.29, 0.717) is 5.41 Å². The first kappa shape index (κ1) is 22.5. The lowest BCUT2D eigenvalue weighted by Gasteiger charge is -2.39. The Morgan fingerprint density at radius 2 is 1.94 bits per heavy atom. The van der Waals surface area contributed by atoms with Crippen LogP contribution in [0.5, 0.6) is 0 Å². The highest BCUT2D eigenvalue weighted by Gasteiger charge is 2.37. The Morgan fingerprint density at radius 1 is 1.16 bits per heavy atom. The number of hydrogen-bond donors (Lipinski definition) is 0. The third-order valence-electron chi connectivity index (χ3n) is 6.87. The van der Waals surface area contributed by atoms with Crippen LogP contribution in [0.2, 0.25) is 5.02 Å². The van der Waals surface area contributed by atoms with E-state index in [2.05, 4.69) is 28.3 Å². The van der Waals surface area contributed by atoms with Gasteiger partial charge in [0.1, 0.15) is 10.8 Å². The van der Waals surface area contributed by atoms with Gasteiger partial charge in [-0.1, -0.05) is 62.2 Å². The van der Waals surface area contributed by atoms with E-state index < -0.39 is 0 Å². The van der Waals surface area contributed by atoms with Gasteiger partial charge in [0.15, 0.2) is 0 Å². The predicted octanol–water partition coefficient (Wildman–Crippen LogP) is 7.19. The van der Waals surface area contributed by atoms with E-state index in [0.717, 1.165) is 58.9 Å². The minimum Gasteiger partial charge on any atom is -0.355 e. The van der Waals surface area contributed by atoms with E-state index in [-0.39, 0.29) is 0 Å². The van der Waals surface area contributed by atoms with Crippen LogP contribution in [0.25, 0.3) is 0 Å². The van der Waals surface area contributed by atoms with E-state index in [9.17, 15) is 0 Å². The fourth-order valence-corrected chi connectivity index (χ4v) is 6.04. The summed E-state index contributed by atoms with van der Waals surface area (Å²) in [6.45, 7) is 9.26. The SMILES string of the molecule is C=CN(CCCC)c1cccc(Sc2cnc(N3CCC4(CCCC4)CC3)cn2)c1Cl. The molecule has 2 aliphatic rings. The molecule has 1 spiro atoms. The first-order valence-electron chi connectivity index (χ1n) is 11.6. The molecule has 2 aromatic rings. The fraction of sp³-hybridized carbons (Fsp3) is 0.520. The minimum absolute atomic E-state index is 0.623. The topological polar surface area (TPSA) is 32.3 Å². The molecule has 0 unspecified atom stereocenters. The zero-order chi connectivity index (χ0) is 21.7.